The van der Waals surface area contributed by atoms with Crippen molar-refractivity contribution in [3.05, 3.63) is 28.6 Å². The normalized spacial score (nSPS) is 19.8. The van der Waals surface area contributed by atoms with E-state index in [0.29, 0.717) is 5.75 Å². The van der Waals surface area contributed by atoms with E-state index in [2.05, 4.69) is 12.2 Å². The van der Waals surface area contributed by atoms with Crippen molar-refractivity contribution >= 4 is 12.2 Å². The number of hydrogen-bond acceptors (Lipinski definition) is 1. The molecule has 3 rings (SSSR count). The molecule has 1 aromatic rings. The lowest BCUT2D eigenvalue weighted by Gasteiger charge is -2.29. The fourth-order valence-corrected chi connectivity index (χ4v) is 3.34. The first-order valence-corrected chi connectivity index (χ1v) is 7.51. The van der Waals surface area contributed by atoms with Crippen LogP contribution >= 0.6 is 0 Å². The molecule has 1 spiro atoms. The monoisotopic (exact) mass is 296 g/mol. The lowest BCUT2D eigenvalue weighted by molar-refractivity contribution is -0.139. The SMILES string of the molecule is FC(F)(F)CCOc1ccc2c(c1)=CC1(C=2)CCCCC1. The average Bonchev–Trinajstić information content (AvgIpc) is 2.75. The summed E-state index contributed by atoms with van der Waals surface area (Å²) in [7, 11) is 0. The molecule has 2 aliphatic rings. The summed E-state index contributed by atoms with van der Waals surface area (Å²) in [6.45, 7) is -0.322. The number of fused-ring (bicyclic) bond motifs is 1. The zero-order valence-electron chi connectivity index (χ0n) is 11.9. The predicted molar refractivity (Wildman–Crippen MR) is 76.3 cm³/mol. The molecule has 0 saturated heterocycles. The van der Waals surface area contributed by atoms with Gasteiger partial charge in [0.05, 0.1) is 13.0 Å². The second kappa shape index (κ2) is 5.39. The van der Waals surface area contributed by atoms with Gasteiger partial charge in [-0.05, 0) is 35.4 Å². The van der Waals surface area contributed by atoms with E-state index in [4.69, 9.17) is 4.74 Å². The number of rotatable bonds is 3. The highest BCUT2D eigenvalue weighted by atomic mass is 19.4. The van der Waals surface area contributed by atoms with Gasteiger partial charge >= 0.3 is 6.18 Å². The second-order valence-corrected chi connectivity index (χ2v) is 6.09. The Morgan fingerprint density at radius 1 is 1.00 bits per heavy atom. The molecule has 114 valence electrons. The van der Waals surface area contributed by atoms with E-state index in [1.54, 1.807) is 6.07 Å². The molecular weight excluding hydrogens is 277 g/mol. The van der Waals surface area contributed by atoms with E-state index in [1.165, 1.54) is 37.3 Å². The van der Waals surface area contributed by atoms with Crippen molar-refractivity contribution in [2.45, 2.75) is 44.7 Å². The molecule has 0 radical (unpaired) electrons. The number of ether oxygens (including phenoxy) is 1. The maximum atomic E-state index is 12.1. The quantitative estimate of drug-likeness (QED) is 0.829. The van der Waals surface area contributed by atoms with Gasteiger partial charge in [0.25, 0.3) is 0 Å². The van der Waals surface area contributed by atoms with Crippen molar-refractivity contribution < 1.29 is 17.9 Å². The minimum absolute atomic E-state index is 0.172. The van der Waals surface area contributed by atoms with Gasteiger partial charge in [0.15, 0.2) is 0 Å². The molecule has 0 atom stereocenters. The third-order valence-electron chi connectivity index (χ3n) is 4.38. The minimum Gasteiger partial charge on any atom is -0.493 e. The van der Waals surface area contributed by atoms with Crippen LogP contribution in [-0.2, 0) is 0 Å². The zero-order chi connectivity index (χ0) is 14.9. The summed E-state index contributed by atoms with van der Waals surface area (Å²) in [5, 5.41) is 2.28. The predicted octanol–water partition coefficient (Wildman–Crippen LogP) is 3.54. The fourth-order valence-electron chi connectivity index (χ4n) is 3.34. The number of halogens is 3. The molecular formula is C17H19F3O. The van der Waals surface area contributed by atoms with Gasteiger partial charge in [0, 0.05) is 5.41 Å². The van der Waals surface area contributed by atoms with Crippen molar-refractivity contribution in [3.8, 4) is 5.75 Å². The van der Waals surface area contributed by atoms with Crippen LogP contribution in [-0.4, -0.2) is 12.8 Å². The summed E-state index contributed by atoms with van der Waals surface area (Å²) in [6, 6.07) is 5.59. The summed E-state index contributed by atoms with van der Waals surface area (Å²) in [4.78, 5) is 0. The van der Waals surface area contributed by atoms with Gasteiger partial charge < -0.3 is 4.74 Å². The Morgan fingerprint density at radius 2 is 1.71 bits per heavy atom. The van der Waals surface area contributed by atoms with E-state index in [9.17, 15) is 13.2 Å². The van der Waals surface area contributed by atoms with Crippen molar-refractivity contribution in [1.82, 2.24) is 0 Å². The number of benzene rings is 1. The van der Waals surface area contributed by atoms with Gasteiger partial charge in [-0.3, -0.25) is 0 Å². The Hall–Kier alpha value is -1.45. The highest BCUT2D eigenvalue weighted by Gasteiger charge is 2.29. The van der Waals surface area contributed by atoms with E-state index < -0.39 is 12.6 Å². The van der Waals surface area contributed by atoms with Gasteiger partial charge in [-0.2, -0.15) is 13.2 Å². The average molecular weight is 296 g/mol. The van der Waals surface area contributed by atoms with Crippen molar-refractivity contribution in [2.24, 2.45) is 5.41 Å². The maximum absolute atomic E-state index is 12.1. The van der Waals surface area contributed by atoms with E-state index in [-0.39, 0.29) is 12.0 Å². The molecule has 0 aliphatic heterocycles. The number of hydrogen-bond donors (Lipinski definition) is 0. The summed E-state index contributed by atoms with van der Waals surface area (Å²) in [5.74, 6) is 0.524. The minimum atomic E-state index is -4.16. The largest absolute Gasteiger partial charge is 0.493 e. The van der Waals surface area contributed by atoms with Gasteiger partial charge in [-0.15, -0.1) is 0 Å². The van der Waals surface area contributed by atoms with E-state index >= 15 is 0 Å². The molecule has 0 unspecified atom stereocenters. The molecule has 2 aliphatic carbocycles. The van der Waals surface area contributed by atoms with Crippen LogP contribution in [0.4, 0.5) is 13.2 Å². The first kappa shape index (κ1) is 14.5. The molecule has 0 N–H and O–H groups in total. The molecule has 0 aromatic heterocycles. The molecule has 1 nitrogen and oxygen atoms in total. The molecule has 0 heterocycles. The van der Waals surface area contributed by atoms with E-state index in [1.807, 2.05) is 12.1 Å². The van der Waals surface area contributed by atoms with Gasteiger partial charge in [-0.25, -0.2) is 0 Å². The summed E-state index contributed by atoms with van der Waals surface area (Å²) in [6.07, 6.45) is 5.65. The smallest absolute Gasteiger partial charge is 0.392 e. The summed E-state index contributed by atoms with van der Waals surface area (Å²) >= 11 is 0. The highest BCUT2D eigenvalue weighted by Crippen LogP contribution is 2.40. The van der Waals surface area contributed by atoms with Gasteiger partial charge in [-0.1, -0.05) is 37.5 Å². The third-order valence-corrected chi connectivity index (χ3v) is 4.38. The zero-order valence-corrected chi connectivity index (χ0v) is 11.9. The van der Waals surface area contributed by atoms with Crippen molar-refractivity contribution in [2.75, 3.05) is 6.61 Å². The van der Waals surface area contributed by atoms with Crippen LogP contribution in [0.25, 0.3) is 12.2 Å². The Kier molecular flexibility index (Phi) is 3.72. The lowest BCUT2D eigenvalue weighted by atomic mass is 9.75. The van der Waals surface area contributed by atoms with E-state index in [0.717, 1.165) is 5.22 Å². The highest BCUT2D eigenvalue weighted by molar-refractivity contribution is 5.58. The number of alkyl halides is 3. The Labute approximate surface area is 122 Å². The van der Waals surface area contributed by atoms with Crippen LogP contribution < -0.4 is 15.2 Å². The molecule has 4 heteroatoms. The van der Waals surface area contributed by atoms with Crippen LogP contribution in [0.5, 0.6) is 5.75 Å². The van der Waals surface area contributed by atoms with Crippen molar-refractivity contribution in [1.29, 1.82) is 0 Å². The van der Waals surface area contributed by atoms with Gasteiger partial charge in [0.2, 0.25) is 0 Å². The summed E-state index contributed by atoms with van der Waals surface area (Å²) < 4.78 is 41.6. The van der Waals surface area contributed by atoms with Crippen molar-refractivity contribution in [3.63, 3.8) is 0 Å². The second-order valence-electron chi connectivity index (χ2n) is 6.09. The Balaban J connectivity index is 1.74. The molecule has 21 heavy (non-hydrogen) atoms. The molecule has 1 saturated carbocycles. The first-order chi connectivity index (χ1) is 9.96. The standard InChI is InChI=1S/C17H19F3O/c18-17(19,20)8-9-21-15-5-4-13-11-16(12-14(13)10-15)6-2-1-3-7-16/h4-5,10-12H,1-3,6-9H2. The van der Waals surface area contributed by atoms with Crippen LogP contribution in [0.15, 0.2) is 18.2 Å². The maximum Gasteiger partial charge on any atom is 0.392 e. The molecule has 0 amide bonds. The van der Waals surface area contributed by atoms with Crippen LogP contribution in [0.2, 0.25) is 0 Å². The first-order valence-electron chi connectivity index (χ1n) is 7.51. The fraction of sp³-hybridized carbons (Fsp3) is 0.529. The lowest BCUT2D eigenvalue weighted by Crippen LogP contribution is -2.21. The van der Waals surface area contributed by atoms with Crippen LogP contribution in [0.3, 0.4) is 0 Å². The Bertz CT molecular complexity index is 624. The molecule has 1 aromatic carbocycles. The Morgan fingerprint density at radius 3 is 2.43 bits per heavy atom. The summed E-state index contributed by atoms with van der Waals surface area (Å²) in [5.41, 5.74) is 0.172. The third kappa shape index (κ3) is 3.42. The van der Waals surface area contributed by atoms with Crippen LogP contribution in [0, 0.1) is 5.41 Å². The molecule has 0 bridgehead atoms. The van der Waals surface area contributed by atoms with Gasteiger partial charge in [0.1, 0.15) is 5.75 Å². The van der Waals surface area contributed by atoms with Crippen LogP contribution in [0.1, 0.15) is 38.5 Å². The molecule has 1 fully saturated rings. The topological polar surface area (TPSA) is 9.23 Å².